The number of carboxylic acid groups (broad SMARTS) is 1. The molecule has 2 aromatic rings. The van der Waals surface area contributed by atoms with E-state index >= 15 is 0 Å². The minimum atomic E-state index is -0.855. The summed E-state index contributed by atoms with van der Waals surface area (Å²) in [4.78, 5) is 18.6. The van der Waals surface area contributed by atoms with Crippen molar-refractivity contribution in [2.45, 2.75) is 25.4 Å². The first-order chi connectivity index (χ1) is 10.2. The van der Waals surface area contributed by atoms with Crippen molar-refractivity contribution < 1.29 is 14.6 Å². The lowest BCUT2D eigenvalue weighted by Crippen LogP contribution is -2.45. The van der Waals surface area contributed by atoms with Gasteiger partial charge in [-0.15, -0.1) is 0 Å². The minimum Gasteiger partial charge on any atom is -0.494 e. The Labute approximate surface area is 122 Å². The highest BCUT2D eigenvalue weighted by Crippen LogP contribution is 2.29. The normalized spacial score (nSPS) is 20.8. The summed E-state index contributed by atoms with van der Waals surface area (Å²) in [5.74, 6) is -0.0553. The number of aliphatic carboxylic acids is 1. The second kappa shape index (κ2) is 5.57. The Hall–Kier alpha value is -2.34. The maximum Gasteiger partial charge on any atom is 0.321 e. The van der Waals surface area contributed by atoms with Gasteiger partial charge in [0.05, 0.1) is 24.7 Å². The van der Waals surface area contributed by atoms with Crippen molar-refractivity contribution in [3.8, 4) is 5.75 Å². The summed E-state index contributed by atoms with van der Waals surface area (Å²) in [7, 11) is 0. The summed E-state index contributed by atoms with van der Waals surface area (Å²) in [5, 5.41) is 12.4. The number of hydrogen-bond acceptors (Lipinski definition) is 4. The first kappa shape index (κ1) is 13.6. The Morgan fingerprint density at radius 2 is 2.19 bits per heavy atom. The van der Waals surface area contributed by atoms with Crippen molar-refractivity contribution in [2.75, 3.05) is 6.61 Å². The summed E-state index contributed by atoms with van der Waals surface area (Å²) in [6.45, 7) is 2.55. The van der Waals surface area contributed by atoms with Gasteiger partial charge < -0.3 is 14.8 Å². The molecule has 6 nitrogen and oxygen atoms in total. The Morgan fingerprint density at radius 3 is 2.86 bits per heavy atom. The van der Waals surface area contributed by atoms with Crippen LogP contribution < -0.4 is 10.1 Å². The number of hydrogen-bond donors (Lipinski definition) is 3. The molecule has 0 fully saturated rings. The number of rotatable bonds is 4. The largest absolute Gasteiger partial charge is 0.494 e. The van der Waals surface area contributed by atoms with Crippen molar-refractivity contribution in [2.24, 2.45) is 0 Å². The number of fused-ring (bicyclic) bond motifs is 1. The molecule has 3 rings (SSSR count). The van der Waals surface area contributed by atoms with Gasteiger partial charge in [-0.2, -0.15) is 0 Å². The Bertz CT molecular complexity index is 636. The van der Waals surface area contributed by atoms with Gasteiger partial charge in [-0.3, -0.25) is 10.1 Å². The zero-order chi connectivity index (χ0) is 14.8. The van der Waals surface area contributed by atoms with E-state index in [4.69, 9.17) is 4.74 Å². The molecule has 0 aliphatic carbocycles. The average Bonchev–Trinajstić information content (AvgIpc) is 2.95. The summed E-state index contributed by atoms with van der Waals surface area (Å²) < 4.78 is 5.43. The molecule has 1 aromatic heterocycles. The molecule has 1 aliphatic rings. The number of carboxylic acids is 1. The topological polar surface area (TPSA) is 87.2 Å². The van der Waals surface area contributed by atoms with Gasteiger partial charge in [0.1, 0.15) is 11.8 Å². The zero-order valence-corrected chi connectivity index (χ0v) is 11.7. The Morgan fingerprint density at radius 1 is 1.43 bits per heavy atom. The first-order valence-electron chi connectivity index (χ1n) is 6.92. The van der Waals surface area contributed by atoms with Crippen LogP contribution in [-0.2, 0) is 11.2 Å². The number of imidazole rings is 1. The van der Waals surface area contributed by atoms with Gasteiger partial charge in [0.2, 0.25) is 0 Å². The molecule has 0 amide bonds. The fraction of sp³-hybridized carbons (Fsp3) is 0.333. The molecule has 0 saturated heterocycles. The molecule has 110 valence electrons. The molecule has 3 N–H and O–H groups in total. The molecule has 0 unspecified atom stereocenters. The van der Waals surface area contributed by atoms with E-state index in [0.717, 1.165) is 22.7 Å². The van der Waals surface area contributed by atoms with Gasteiger partial charge >= 0.3 is 5.97 Å². The highest BCUT2D eigenvalue weighted by molar-refractivity contribution is 5.74. The van der Waals surface area contributed by atoms with Gasteiger partial charge in [0.15, 0.2) is 0 Å². The highest BCUT2D eigenvalue weighted by Gasteiger charge is 2.33. The second-order valence-electron chi connectivity index (χ2n) is 4.96. The minimum absolute atomic E-state index is 0.225. The third kappa shape index (κ3) is 2.62. The van der Waals surface area contributed by atoms with Crippen LogP contribution >= 0.6 is 0 Å². The van der Waals surface area contributed by atoms with E-state index < -0.39 is 12.0 Å². The maximum absolute atomic E-state index is 11.3. The summed E-state index contributed by atoms with van der Waals surface area (Å²) in [6.07, 6.45) is 2.02. The van der Waals surface area contributed by atoms with Gasteiger partial charge in [-0.25, -0.2) is 4.98 Å². The predicted octanol–water partition coefficient (Wildman–Crippen LogP) is 1.50. The number of nitrogens with one attached hydrogen (secondary N) is 2. The van der Waals surface area contributed by atoms with Crippen molar-refractivity contribution in [1.29, 1.82) is 0 Å². The number of aromatic nitrogens is 2. The molecule has 0 saturated carbocycles. The van der Waals surface area contributed by atoms with Gasteiger partial charge in [0.25, 0.3) is 0 Å². The molecule has 6 heteroatoms. The molecule has 2 heterocycles. The standard InChI is InChI=1S/C15H17N3O3/c1-2-21-10-5-3-9(4-6-10)13-14-11(16-8-17-14)7-12(18-13)15(19)20/h3-6,8,12-13,18H,2,7H2,1H3,(H,16,17)(H,19,20)/t12-,13-/m1/s1. The SMILES string of the molecule is CCOc1ccc([C@H]2N[C@@H](C(=O)O)Cc3[nH]cnc32)cc1. The summed E-state index contributed by atoms with van der Waals surface area (Å²) in [5.41, 5.74) is 2.70. The Balaban J connectivity index is 1.91. The monoisotopic (exact) mass is 287 g/mol. The van der Waals surface area contributed by atoms with E-state index in [-0.39, 0.29) is 6.04 Å². The molecular weight excluding hydrogens is 270 g/mol. The molecule has 1 aromatic carbocycles. The van der Waals surface area contributed by atoms with E-state index in [1.165, 1.54) is 0 Å². The third-order valence-corrected chi connectivity index (χ3v) is 3.62. The molecule has 2 atom stereocenters. The van der Waals surface area contributed by atoms with Gasteiger partial charge in [0, 0.05) is 12.1 Å². The van der Waals surface area contributed by atoms with Crippen LogP contribution in [0.2, 0.25) is 0 Å². The zero-order valence-electron chi connectivity index (χ0n) is 11.7. The first-order valence-corrected chi connectivity index (χ1v) is 6.92. The molecule has 0 spiro atoms. The van der Waals surface area contributed by atoms with Crippen LogP contribution in [0.4, 0.5) is 0 Å². The number of aromatic amines is 1. The quantitative estimate of drug-likeness (QED) is 0.793. The lowest BCUT2D eigenvalue weighted by Gasteiger charge is -2.28. The van der Waals surface area contributed by atoms with Crippen LogP contribution in [0, 0.1) is 0 Å². The van der Waals surface area contributed by atoms with E-state index in [9.17, 15) is 9.90 Å². The smallest absolute Gasteiger partial charge is 0.321 e. The van der Waals surface area contributed by atoms with Crippen LogP contribution in [0.25, 0.3) is 0 Å². The van der Waals surface area contributed by atoms with Crippen molar-refractivity contribution in [3.05, 3.63) is 47.5 Å². The van der Waals surface area contributed by atoms with Crippen LogP contribution in [0.15, 0.2) is 30.6 Å². The molecule has 0 bridgehead atoms. The number of ether oxygens (including phenoxy) is 1. The third-order valence-electron chi connectivity index (χ3n) is 3.62. The molecule has 21 heavy (non-hydrogen) atoms. The van der Waals surface area contributed by atoms with Crippen molar-refractivity contribution in [1.82, 2.24) is 15.3 Å². The lowest BCUT2D eigenvalue weighted by molar-refractivity contribution is -0.139. The van der Waals surface area contributed by atoms with Crippen LogP contribution in [-0.4, -0.2) is 33.7 Å². The lowest BCUT2D eigenvalue weighted by atomic mass is 9.94. The van der Waals surface area contributed by atoms with E-state index in [1.807, 2.05) is 31.2 Å². The molecule has 1 aliphatic heterocycles. The van der Waals surface area contributed by atoms with Crippen LogP contribution in [0.5, 0.6) is 5.75 Å². The highest BCUT2D eigenvalue weighted by atomic mass is 16.5. The van der Waals surface area contributed by atoms with Crippen molar-refractivity contribution in [3.63, 3.8) is 0 Å². The molecular formula is C15H17N3O3. The number of carbonyl (C=O) groups is 1. The summed E-state index contributed by atoms with van der Waals surface area (Å²) >= 11 is 0. The summed E-state index contributed by atoms with van der Waals surface area (Å²) in [6, 6.07) is 6.80. The second-order valence-corrected chi connectivity index (χ2v) is 4.96. The fourth-order valence-electron chi connectivity index (χ4n) is 2.62. The fourth-order valence-corrected chi connectivity index (χ4v) is 2.62. The molecule has 0 radical (unpaired) electrons. The van der Waals surface area contributed by atoms with E-state index in [1.54, 1.807) is 6.33 Å². The Kier molecular flexibility index (Phi) is 3.62. The van der Waals surface area contributed by atoms with Crippen LogP contribution in [0.3, 0.4) is 0 Å². The van der Waals surface area contributed by atoms with Gasteiger partial charge in [-0.1, -0.05) is 12.1 Å². The predicted molar refractivity (Wildman–Crippen MR) is 76.3 cm³/mol. The maximum atomic E-state index is 11.3. The number of nitrogens with zero attached hydrogens (tertiary/aromatic N) is 1. The average molecular weight is 287 g/mol. The van der Waals surface area contributed by atoms with E-state index in [2.05, 4.69) is 15.3 Å². The van der Waals surface area contributed by atoms with E-state index in [0.29, 0.717) is 13.0 Å². The number of H-pyrrole nitrogens is 1. The van der Waals surface area contributed by atoms with Crippen LogP contribution in [0.1, 0.15) is 29.9 Å². The number of benzene rings is 1. The van der Waals surface area contributed by atoms with Gasteiger partial charge in [-0.05, 0) is 24.6 Å². The van der Waals surface area contributed by atoms with Crippen molar-refractivity contribution >= 4 is 5.97 Å².